The summed E-state index contributed by atoms with van der Waals surface area (Å²) < 4.78 is 9.30. The molecule has 0 radical (unpaired) electrons. The lowest BCUT2D eigenvalue weighted by molar-refractivity contribution is -0.142. The molecule has 120 valence electrons. The minimum absolute atomic E-state index is 0.243. The van der Waals surface area contributed by atoms with Crippen LogP contribution in [0.2, 0.25) is 5.02 Å². The van der Waals surface area contributed by atoms with E-state index in [1.54, 1.807) is 18.2 Å². The van der Waals surface area contributed by atoms with E-state index in [-0.39, 0.29) is 19.8 Å². The molecule has 0 bridgehead atoms. The minimum Gasteiger partial charge on any atom is -0.468 e. The van der Waals surface area contributed by atoms with Crippen LogP contribution in [0.3, 0.4) is 0 Å². The van der Waals surface area contributed by atoms with Gasteiger partial charge in [0, 0.05) is 10.7 Å². The van der Waals surface area contributed by atoms with Gasteiger partial charge in [0.25, 0.3) is 0 Å². The van der Waals surface area contributed by atoms with Crippen molar-refractivity contribution in [2.24, 2.45) is 0 Å². The van der Waals surface area contributed by atoms with Gasteiger partial charge < -0.3 is 20.1 Å². The summed E-state index contributed by atoms with van der Waals surface area (Å²) in [5.41, 5.74) is 1.44. The summed E-state index contributed by atoms with van der Waals surface area (Å²) in [5.74, 6) is -1.50. The Morgan fingerprint density at radius 2 is 1.86 bits per heavy atom. The SMILES string of the molecule is COC(=O)CNC(=O)COCC(=O)Nc1ccc(C)c(Cl)c1. The highest BCUT2D eigenvalue weighted by molar-refractivity contribution is 6.31. The molecule has 8 heteroatoms. The zero-order valence-electron chi connectivity index (χ0n) is 12.3. The first-order valence-electron chi connectivity index (χ1n) is 6.39. The first kappa shape index (κ1) is 17.9. The number of hydrogen-bond acceptors (Lipinski definition) is 5. The van der Waals surface area contributed by atoms with E-state index in [0.29, 0.717) is 10.7 Å². The third kappa shape index (κ3) is 6.55. The highest BCUT2D eigenvalue weighted by Crippen LogP contribution is 2.19. The Hall–Kier alpha value is -2.12. The normalized spacial score (nSPS) is 9.95. The minimum atomic E-state index is -0.567. The Morgan fingerprint density at radius 1 is 1.18 bits per heavy atom. The van der Waals surface area contributed by atoms with Crippen LogP contribution in [0.1, 0.15) is 5.56 Å². The van der Waals surface area contributed by atoms with Crippen LogP contribution < -0.4 is 10.6 Å². The molecule has 2 amide bonds. The van der Waals surface area contributed by atoms with Gasteiger partial charge in [0.1, 0.15) is 19.8 Å². The van der Waals surface area contributed by atoms with Crippen LogP contribution in [0.15, 0.2) is 18.2 Å². The fraction of sp³-hybridized carbons (Fsp3) is 0.357. The van der Waals surface area contributed by atoms with Gasteiger partial charge in [0.2, 0.25) is 11.8 Å². The number of nitrogens with one attached hydrogen (secondary N) is 2. The van der Waals surface area contributed by atoms with Gasteiger partial charge in [-0.2, -0.15) is 0 Å². The number of rotatable bonds is 7. The van der Waals surface area contributed by atoms with Crippen LogP contribution in [0, 0.1) is 6.92 Å². The molecule has 0 saturated carbocycles. The van der Waals surface area contributed by atoms with Crippen LogP contribution in [0.4, 0.5) is 5.69 Å². The topological polar surface area (TPSA) is 93.7 Å². The highest BCUT2D eigenvalue weighted by Gasteiger charge is 2.08. The fourth-order valence-corrected chi connectivity index (χ4v) is 1.58. The van der Waals surface area contributed by atoms with Crippen molar-refractivity contribution in [3.63, 3.8) is 0 Å². The Kier molecular flexibility index (Phi) is 7.34. The fourth-order valence-electron chi connectivity index (χ4n) is 1.40. The van der Waals surface area contributed by atoms with Crippen LogP contribution in [-0.2, 0) is 23.9 Å². The highest BCUT2D eigenvalue weighted by atomic mass is 35.5. The molecule has 1 rings (SSSR count). The van der Waals surface area contributed by atoms with E-state index in [4.69, 9.17) is 16.3 Å². The van der Waals surface area contributed by atoms with Gasteiger partial charge in [0.15, 0.2) is 0 Å². The van der Waals surface area contributed by atoms with Crippen LogP contribution in [-0.4, -0.2) is 44.7 Å². The van der Waals surface area contributed by atoms with Crippen molar-refractivity contribution in [1.29, 1.82) is 0 Å². The molecule has 2 N–H and O–H groups in total. The number of esters is 1. The number of amides is 2. The summed E-state index contributed by atoms with van der Waals surface area (Å²) >= 11 is 5.94. The average Bonchev–Trinajstić information content (AvgIpc) is 2.48. The molecule has 7 nitrogen and oxygen atoms in total. The number of benzene rings is 1. The number of aryl methyl sites for hydroxylation is 1. The molecule has 22 heavy (non-hydrogen) atoms. The maximum atomic E-state index is 11.6. The largest absolute Gasteiger partial charge is 0.468 e. The molecule has 0 aliphatic rings. The van der Waals surface area contributed by atoms with Crippen molar-refractivity contribution in [3.8, 4) is 0 Å². The van der Waals surface area contributed by atoms with Crippen molar-refractivity contribution in [3.05, 3.63) is 28.8 Å². The lowest BCUT2D eigenvalue weighted by Crippen LogP contribution is -2.33. The molecule has 0 aromatic heterocycles. The van der Waals surface area contributed by atoms with Crippen LogP contribution in [0.5, 0.6) is 0 Å². The molecule has 1 aromatic carbocycles. The molecule has 1 aromatic rings. The zero-order valence-corrected chi connectivity index (χ0v) is 13.0. The van der Waals surface area contributed by atoms with E-state index < -0.39 is 17.8 Å². The first-order chi connectivity index (χ1) is 10.4. The summed E-state index contributed by atoms with van der Waals surface area (Å²) in [6, 6.07) is 5.11. The van der Waals surface area contributed by atoms with Gasteiger partial charge in [-0.3, -0.25) is 14.4 Å². The second kappa shape index (κ2) is 9.01. The Balaban J connectivity index is 2.27. The van der Waals surface area contributed by atoms with Gasteiger partial charge in [-0.05, 0) is 24.6 Å². The molecular formula is C14H17ClN2O5. The predicted octanol–water partition coefficient (Wildman–Crippen LogP) is 0.893. The van der Waals surface area contributed by atoms with Gasteiger partial charge >= 0.3 is 5.97 Å². The summed E-state index contributed by atoms with van der Waals surface area (Å²) in [6.45, 7) is 0.979. The van der Waals surface area contributed by atoms with E-state index in [1.807, 2.05) is 6.92 Å². The van der Waals surface area contributed by atoms with Crippen LogP contribution in [0.25, 0.3) is 0 Å². The predicted molar refractivity (Wildman–Crippen MR) is 80.7 cm³/mol. The average molecular weight is 329 g/mol. The molecule has 0 heterocycles. The number of ether oxygens (including phenoxy) is 2. The quantitative estimate of drug-likeness (QED) is 0.725. The molecular weight excluding hydrogens is 312 g/mol. The summed E-state index contributed by atoms with van der Waals surface area (Å²) in [6.07, 6.45) is 0. The summed E-state index contributed by atoms with van der Waals surface area (Å²) in [7, 11) is 1.21. The van der Waals surface area contributed by atoms with Crippen molar-refractivity contribution in [2.45, 2.75) is 6.92 Å². The second-order valence-corrected chi connectivity index (χ2v) is 4.77. The number of hydrogen-bond donors (Lipinski definition) is 2. The molecule has 0 atom stereocenters. The molecule has 0 fully saturated rings. The maximum Gasteiger partial charge on any atom is 0.325 e. The van der Waals surface area contributed by atoms with Crippen molar-refractivity contribution in [2.75, 3.05) is 32.2 Å². The number of anilines is 1. The second-order valence-electron chi connectivity index (χ2n) is 4.36. The standard InChI is InChI=1S/C14H17ClN2O5/c1-9-3-4-10(5-11(9)15)17-13(19)8-22-7-12(18)16-6-14(20)21-2/h3-5H,6-8H2,1-2H3,(H,16,18)(H,17,19). The summed E-state index contributed by atoms with van der Waals surface area (Å²) in [5, 5.41) is 5.41. The zero-order chi connectivity index (χ0) is 16.5. The van der Waals surface area contributed by atoms with Crippen LogP contribution >= 0.6 is 11.6 Å². The lowest BCUT2D eigenvalue weighted by atomic mass is 10.2. The summed E-state index contributed by atoms with van der Waals surface area (Å²) in [4.78, 5) is 33.7. The number of methoxy groups -OCH3 is 1. The number of halogens is 1. The van der Waals surface area contributed by atoms with Crippen molar-refractivity contribution >= 4 is 35.1 Å². The van der Waals surface area contributed by atoms with Gasteiger partial charge in [0.05, 0.1) is 7.11 Å². The van der Waals surface area contributed by atoms with E-state index in [1.165, 1.54) is 7.11 Å². The maximum absolute atomic E-state index is 11.6. The number of carbonyl (C=O) groups excluding carboxylic acids is 3. The lowest BCUT2D eigenvalue weighted by Gasteiger charge is -2.08. The monoisotopic (exact) mass is 328 g/mol. The van der Waals surface area contributed by atoms with Gasteiger partial charge in [-0.25, -0.2) is 0 Å². The molecule has 0 unspecified atom stereocenters. The molecule has 0 aliphatic heterocycles. The van der Waals surface area contributed by atoms with Crippen molar-refractivity contribution in [1.82, 2.24) is 5.32 Å². The van der Waals surface area contributed by atoms with E-state index >= 15 is 0 Å². The van der Waals surface area contributed by atoms with E-state index in [0.717, 1.165) is 5.56 Å². The Labute approximate surface area is 132 Å². The smallest absolute Gasteiger partial charge is 0.325 e. The van der Waals surface area contributed by atoms with Gasteiger partial charge in [-0.15, -0.1) is 0 Å². The molecule has 0 spiro atoms. The number of carbonyl (C=O) groups is 3. The molecule has 0 aliphatic carbocycles. The first-order valence-corrected chi connectivity index (χ1v) is 6.77. The Bertz CT molecular complexity index is 562. The third-order valence-corrected chi connectivity index (χ3v) is 2.99. The molecule has 0 saturated heterocycles. The van der Waals surface area contributed by atoms with E-state index in [9.17, 15) is 14.4 Å². The Morgan fingerprint density at radius 3 is 2.50 bits per heavy atom. The van der Waals surface area contributed by atoms with Crippen molar-refractivity contribution < 1.29 is 23.9 Å². The van der Waals surface area contributed by atoms with Gasteiger partial charge in [-0.1, -0.05) is 17.7 Å². The van der Waals surface area contributed by atoms with E-state index in [2.05, 4.69) is 15.4 Å². The third-order valence-electron chi connectivity index (χ3n) is 2.58.